The predicted octanol–water partition coefficient (Wildman–Crippen LogP) is 3.15. The first-order chi connectivity index (χ1) is 13.1. The lowest BCUT2D eigenvalue weighted by molar-refractivity contribution is 0.637. The maximum Gasteiger partial charge on any atom is 0.191 e. The third-order valence-corrected chi connectivity index (χ3v) is 4.79. The highest BCUT2D eigenvalue weighted by Crippen LogP contribution is 2.13. The molecule has 2 heterocycles. The van der Waals surface area contributed by atoms with Gasteiger partial charge in [0.15, 0.2) is 5.96 Å². The van der Waals surface area contributed by atoms with Crippen molar-refractivity contribution in [1.29, 1.82) is 0 Å². The van der Waals surface area contributed by atoms with Crippen molar-refractivity contribution in [2.24, 2.45) is 12.0 Å². The van der Waals surface area contributed by atoms with Gasteiger partial charge < -0.3 is 15.2 Å². The van der Waals surface area contributed by atoms with Crippen molar-refractivity contribution >= 4 is 41.0 Å². The number of nitrogens with zero attached hydrogens (tertiary/aromatic N) is 5. The highest BCUT2D eigenvalue weighted by Gasteiger charge is 2.09. The van der Waals surface area contributed by atoms with Crippen LogP contribution in [0.5, 0.6) is 0 Å². The van der Waals surface area contributed by atoms with Gasteiger partial charge in [0.05, 0.1) is 29.6 Å². The van der Waals surface area contributed by atoms with Gasteiger partial charge in [0.2, 0.25) is 0 Å². The van der Waals surface area contributed by atoms with Gasteiger partial charge in [0.1, 0.15) is 0 Å². The largest absolute Gasteiger partial charge is 0.357 e. The van der Waals surface area contributed by atoms with Crippen LogP contribution in [0, 0.1) is 13.8 Å². The quantitative estimate of drug-likeness (QED) is 0.229. The molecular weight excluding hydrogens is 465 g/mol. The monoisotopic (exact) mass is 495 g/mol. The van der Waals surface area contributed by atoms with E-state index in [2.05, 4.69) is 51.3 Å². The summed E-state index contributed by atoms with van der Waals surface area (Å²) >= 11 is 0. The van der Waals surface area contributed by atoms with Crippen molar-refractivity contribution in [2.45, 2.75) is 40.3 Å². The number of imidazole rings is 1. The van der Waals surface area contributed by atoms with Gasteiger partial charge in [-0.25, -0.2) is 9.98 Å². The lowest BCUT2D eigenvalue weighted by Crippen LogP contribution is -2.38. The molecule has 0 unspecified atom stereocenters. The standard InChI is InChI=1S/C20H29N7.HI/c1-5-21-20(23-13-17-15(2)25-26(4)16(17)3)22-11-8-12-27-14-24-18-9-6-7-10-19(18)27;/h6-7,9-10,14H,5,8,11-13H2,1-4H3,(H2,21,22,23);1H. The second kappa shape index (κ2) is 10.4. The van der Waals surface area contributed by atoms with E-state index < -0.39 is 0 Å². The molecule has 3 aromatic rings. The minimum atomic E-state index is 0. The number of aliphatic imine (C=N–C) groups is 1. The van der Waals surface area contributed by atoms with Crippen LogP contribution in [0.15, 0.2) is 35.6 Å². The molecule has 0 saturated heterocycles. The van der Waals surface area contributed by atoms with Crippen LogP contribution >= 0.6 is 24.0 Å². The molecule has 7 nitrogen and oxygen atoms in total. The number of aryl methyl sites for hydroxylation is 3. The molecule has 2 aromatic heterocycles. The average molecular weight is 495 g/mol. The van der Waals surface area contributed by atoms with E-state index in [0.29, 0.717) is 6.54 Å². The molecule has 0 spiro atoms. The number of fused-ring (bicyclic) bond motifs is 1. The SMILES string of the molecule is CCNC(=NCc1c(C)nn(C)c1C)NCCCn1cnc2ccccc21.I. The van der Waals surface area contributed by atoms with E-state index in [0.717, 1.165) is 43.2 Å². The zero-order valence-electron chi connectivity index (χ0n) is 17.1. The first-order valence-electron chi connectivity index (χ1n) is 9.51. The van der Waals surface area contributed by atoms with E-state index in [4.69, 9.17) is 4.99 Å². The van der Waals surface area contributed by atoms with Gasteiger partial charge in [-0.05, 0) is 39.3 Å². The van der Waals surface area contributed by atoms with Crippen molar-refractivity contribution in [1.82, 2.24) is 30.0 Å². The first kappa shape index (κ1) is 22.2. The van der Waals surface area contributed by atoms with E-state index in [9.17, 15) is 0 Å². The molecular formula is C20H30IN7. The molecule has 8 heteroatoms. The van der Waals surface area contributed by atoms with Gasteiger partial charge in [-0.3, -0.25) is 4.68 Å². The van der Waals surface area contributed by atoms with E-state index in [1.807, 2.05) is 37.1 Å². The van der Waals surface area contributed by atoms with Crippen molar-refractivity contribution in [2.75, 3.05) is 13.1 Å². The number of benzene rings is 1. The predicted molar refractivity (Wildman–Crippen MR) is 125 cm³/mol. The summed E-state index contributed by atoms with van der Waals surface area (Å²) in [6, 6.07) is 8.23. The maximum atomic E-state index is 4.73. The van der Waals surface area contributed by atoms with Gasteiger partial charge in [-0.15, -0.1) is 24.0 Å². The van der Waals surface area contributed by atoms with Crippen LogP contribution in [0.3, 0.4) is 0 Å². The molecule has 28 heavy (non-hydrogen) atoms. The zero-order chi connectivity index (χ0) is 19.2. The fraction of sp³-hybridized carbons (Fsp3) is 0.450. The van der Waals surface area contributed by atoms with Crippen molar-refractivity contribution in [3.63, 3.8) is 0 Å². The number of aromatic nitrogens is 4. The molecule has 0 fully saturated rings. The first-order valence-corrected chi connectivity index (χ1v) is 9.51. The van der Waals surface area contributed by atoms with Crippen molar-refractivity contribution in [3.8, 4) is 0 Å². The Balaban J connectivity index is 0.00000280. The highest BCUT2D eigenvalue weighted by atomic mass is 127. The summed E-state index contributed by atoms with van der Waals surface area (Å²) in [7, 11) is 1.97. The van der Waals surface area contributed by atoms with E-state index in [1.54, 1.807) is 0 Å². The minimum Gasteiger partial charge on any atom is -0.357 e. The molecule has 0 bridgehead atoms. The lowest BCUT2D eigenvalue weighted by atomic mass is 10.2. The van der Waals surface area contributed by atoms with Crippen LogP contribution in [-0.2, 0) is 20.1 Å². The van der Waals surface area contributed by atoms with Crippen LogP contribution < -0.4 is 10.6 Å². The molecule has 0 amide bonds. The van der Waals surface area contributed by atoms with Crippen LogP contribution in [-0.4, -0.2) is 38.4 Å². The molecule has 0 aliphatic carbocycles. The summed E-state index contributed by atoms with van der Waals surface area (Å²) in [6.07, 6.45) is 2.91. The Labute approximate surface area is 183 Å². The van der Waals surface area contributed by atoms with Crippen LogP contribution in [0.4, 0.5) is 0 Å². The zero-order valence-corrected chi connectivity index (χ0v) is 19.4. The van der Waals surface area contributed by atoms with Crippen molar-refractivity contribution in [3.05, 3.63) is 47.5 Å². The van der Waals surface area contributed by atoms with Gasteiger partial charge in [0.25, 0.3) is 0 Å². The van der Waals surface area contributed by atoms with Gasteiger partial charge in [-0.2, -0.15) is 5.10 Å². The summed E-state index contributed by atoms with van der Waals surface area (Å²) < 4.78 is 4.11. The number of nitrogens with one attached hydrogen (secondary N) is 2. The Hall–Kier alpha value is -2.10. The normalized spacial score (nSPS) is 11.5. The number of halogens is 1. The fourth-order valence-corrected chi connectivity index (χ4v) is 3.19. The number of rotatable bonds is 7. The molecule has 152 valence electrons. The van der Waals surface area contributed by atoms with Crippen LogP contribution in [0.2, 0.25) is 0 Å². The minimum absolute atomic E-state index is 0. The molecule has 0 aliphatic rings. The van der Waals surface area contributed by atoms with E-state index in [1.165, 1.54) is 16.8 Å². The summed E-state index contributed by atoms with van der Waals surface area (Å²) in [4.78, 5) is 9.17. The average Bonchev–Trinajstić information content (AvgIpc) is 3.18. The third-order valence-electron chi connectivity index (χ3n) is 4.79. The van der Waals surface area contributed by atoms with Crippen LogP contribution in [0.1, 0.15) is 30.3 Å². The maximum absolute atomic E-state index is 4.73. The Kier molecular flexibility index (Phi) is 8.28. The number of hydrogen-bond donors (Lipinski definition) is 2. The Morgan fingerprint density at radius 3 is 2.68 bits per heavy atom. The van der Waals surface area contributed by atoms with Gasteiger partial charge >= 0.3 is 0 Å². The molecule has 2 N–H and O–H groups in total. The highest BCUT2D eigenvalue weighted by molar-refractivity contribution is 14.0. The van der Waals surface area contributed by atoms with E-state index in [-0.39, 0.29) is 24.0 Å². The van der Waals surface area contributed by atoms with Crippen molar-refractivity contribution < 1.29 is 0 Å². The number of para-hydroxylation sites is 2. The topological polar surface area (TPSA) is 72.1 Å². The summed E-state index contributed by atoms with van der Waals surface area (Å²) in [6.45, 7) is 9.44. The van der Waals surface area contributed by atoms with Gasteiger partial charge in [-0.1, -0.05) is 12.1 Å². The number of hydrogen-bond acceptors (Lipinski definition) is 3. The summed E-state index contributed by atoms with van der Waals surface area (Å²) in [5.41, 5.74) is 5.63. The molecule has 0 saturated carbocycles. The second-order valence-electron chi connectivity index (χ2n) is 6.68. The Bertz CT molecular complexity index is 926. The molecule has 0 aliphatic heterocycles. The van der Waals surface area contributed by atoms with E-state index >= 15 is 0 Å². The Morgan fingerprint density at radius 1 is 1.18 bits per heavy atom. The van der Waals surface area contributed by atoms with Crippen LogP contribution in [0.25, 0.3) is 11.0 Å². The molecule has 0 atom stereocenters. The fourth-order valence-electron chi connectivity index (χ4n) is 3.19. The third kappa shape index (κ3) is 5.24. The summed E-state index contributed by atoms with van der Waals surface area (Å²) in [5.74, 6) is 0.843. The summed E-state index contributed by atoms with van der Waals surface area (Å²) in [5, 5.41) is 11.2. The second-order valence-corrected chi connectivity index (χ2v) is 6.68. The lowest BCUT2D eigenvalue weighted by Gasteiger charge is -2.12. The smallest absolute Gasteiger partial charge is 0.191 e. The Morgan fingerprint density at radius 2 is 1.96 bits per heavy atom. The number of guanidine groups is 1. The molecule has 1 aromatic carbocycles. The molecule has 0 radical (unpaired) electrons. The molecule has 3 rings (SSSR count). The van der Waals surface area contributed by atoms with Gasteiger partial charge in [0, 0.05) is 37.9 Å².